The monoisotopic (exact) mass is 1580 g/mol. The van der Waals surface area contributed by atoms with Crippen molar-refractivity contribution in [3.8, 4) is 0 Å². The molecule has 0 aromatic rings. The zero-order valence-electron chi connectivity index (χ0n) is 71.5. The lowest BCUT2D eigenvalue weighted by Gasteiger charge is -2.21. The van der Waals surface area contributed by atoms with Crippen LogP contribution in [0.5, 0.6) is 0 Å². The summed E-state index contributed by atoms with van der Waals surface area (Å²) < 4.78 is 69.0. The number of carbonyl (C=O) groups excluding carboxylic acids is 4. The number of aliphatic hydroxyl groups excluding tert-OH is 1. The van der Waals surface area contributed by atoms with Crippen molar-refractivity contribution in [3.05, 3.63) is 0 Å². The molecule has 0 radical (unpaired) electrons. The third kappa shape index (κ3) is 80.7. The van der Waals surface area contributed by atoms with E-state index in [0.29, 0.717) is 25.7 Å². The van der Waals surface area contributed by atoms with Gasteiger partial charge in [-0.15, -0.1) is 0 Å². The molecule has 3 N–H and O–H groups in total. The van der Waals surface area contributed by atoms with Crippen LogP contribution in [0.25, 0.3) is 0 Å². The van der Waals surface area contributed by atoms with Crippen molar-refractivity contribution in [1.29, 1.82) is 0 Å². The van der Waals surface area contributed by atoms with E-state index in [9.17, 15) is 43.2 Å². The molecule has 0 aromatic heterocycles. The molecule has 0 heterocycles. The van der Waals surface area contributed by atoms with Gasteiger partial charge in [0.15, 0.2) is 12.2 Å². The predicted octanol–water partition coefficient (Wildman–Crippen LogP) is 27.1. The number of ether oxygens (including phenoxy) is 4. The van der Waals surface area contributed by atoms with Gasteiger partial charge >= 0.3 is 39.5 Å². The highest BCUT2D eigenvalue weighted by Gasteiger charge is 2.31. The highest BCUT2D eigenvalue weighted by Crippen LogP contribution is 2.45. The summed E-state index contributed by atoms with van der Waals surface area (Å²) in [6.45, 7) is 14.4. The van der Waals surface area contributed by atoms with Crippen molar-refractivity contribution < 1.29 is 80.2 Å². The zero-order valence-corrected chi connectivity index (χ0v) is 73.3. The smallest absolute Gasteiger partial charge is 0.462 e. The summed E-state index contributed by atoms with van der Waals surface area (Å²) in [6.07, 6.45) is 68.0. The van der Waals surface area contributed by atoms with Crippen LogP contribution in [0.3, 0.4) is 0 Å². The van der Waals surface area contributed by atoms with Crippen LogP contribution in [0, 0.1) is 23.7 Å². The van der Waals surface area contributed by atoms with Crippen molar-refractivity contribution in [2.45, 2.75) is 485 Å². The quantitative estimate of drug-likeness (QED) is 0.0222. The molecule has 17 nitrogen and oxygen atoms in total. The first-order valence-electron chi connectivity index (χ1n) is 45.7. The Morgan fingerprint density at radius 2 is 0.444 bits per heavy atom. The lowest BCUT2D eigenvalue weighted by Crippen LogP contribution is -2.30. The van der Waals surface area contributed by atoms with Crippen molar-refractivity contribution in [2.24, 2.45) is 23.7 Å². The Morgan fingerprint density at radius 3 is 0.657 bits per heavy atom. The number of hydrogen-bond donors (Lipinski definition) is 3. The molecule has 0 spiro atoms. The number of rotatable bonds is 86. The number of hydrogen-bond acceptors (Lipinski definition) is 15. The zero-order chi connectivity index (χ0) is 79.5. The normalized spacial score (nSPS) is 14.1. The predicted molar refractivity (Wildman–Crippen MR) is 446 cm³/mol. The number of phosphoric acid groups is 2. The van der Waals surface area contributed by atoms with E-state index < -0.39 is 97.5 Å². The van der Waals surface area contributed by atoms with Gasteiger partial charge < -0.3 is 33.8 Å². The first kappa shape index (κ1) is 106. The van der Waals surface area contributed by atoms with Gasteiger partial charge in [0, 0.05) is 25.7 Å². The number of phosphoric ester groups is 2. The lowest BCUT2D eigenvalue weighted by molar-refractivity contribution is -0.161. The molecule has 0 aliphatic heterocycles. The maximum Gasteiger partial charge on any atom is 0.472 e. The average molecular weight is 1580 g/mol. The van der Waals surface area contributed by atoms with Crippen LogP contribution in [-0.2, 0) is 65.4 Å². The first-order chi connectivity index (χ1) is 52.1. The van der Waals surface area contributed by atoms with Gasteiger partial charge in [-0.1, -0.05) is 415 Å². The number of aliphatic hydroxyl groups is 1. The third-order valence-corrected chi connectivity index (χ3v) is 23.1. The van der Waals surface area contributed by atoms with Crippen LogP contribution in [-0.4, -0.2) is 96.7 Å². The largest absolute Gasteiger partial charge is 0.472 e. The van der Waals surface area contributed by atoms with E-state index in [4.69, 9.17) is 37.0 Å². The maximum absolute atomic E-state index is 13.2. The summed E-state index contributed by atoms with van der Waals surface area (Å²) in [7, 11) is -9.94. The number of unbranched alkanes of at least 4 members (excludes halogenated alkanes) is 51. The van der Waals surface area contributed by atoms with E-state index in [1.807, 2.05) is 0 Å². The summed E-state index contributed by atoms with van der Waals surface area (Å²) in [6, 6.07) is 0. The molecular weight excluding hydrogens is 1400 g/mol. The summed E-state index contributed by atoms with van der Waals surface area (Å²) in [5.41, 5.74) is 0. The minimum atomic E-state index is -4.97. The average Bonchev–Trinajstić information content (AvgIpc) is 0.899. The second kappa shape index (κ2) is 77.6. The van der Waals surface area contributed by atoms with Gasteiger partial charge in [-0.25, -0.2) is 9.13 Å². The van der Waals surface area contributed by atoms with E-state index in [1.54, 1.807) is 0 Å². The molecule has 0 saturated heterocycles. The Labute approximate surface area is 664 Å². The topological polar surface area (TPSA) is 237 Å². The minimum absolute atomic E-state index is 0.107. The Morgan fingerprint density at radius 1 is 0.259 bits per heavy atom. The van der Waals surface area contributed by atoms with Gasteiger partial charge in [0.05, 0.1) is 26.4 Å². The highest BCUT2D eigenvalue weighted by molar-refractivity contribution is 7.47. The maximum atomic E-state index is 13.2. The van der Waals surface area contributed by atoms with Crippen molar-refractivity contribution in [3.63, 3.8) is 0 Å². The van der Waals surface area contributed by atoms with E-state index in [0.717, 1.165) is 114 Å². The molecular formula is C89H174O17P2. The molecule has 6 atom stereocenters. The van der Waals surface area contributed by atoms with Gasteiger partial charge in [0.2, 0.25) is 0 Å². The highest BCUT2D eigenvalue weighted by atomic mass is 31.2. The molecule has 0 aromatic carbocycles. The summed E-state index contributed by atoms with van der Waals surface area (Å²) in [5, 5.41) is 10.7. The standard InChI is InChI=1S/C89H174O17P2/c1-9-82(8)68-60-52-44-36-28-22-14-12-10-11-13-15-24-30-38-47-55-63-71-88(93)105-84(75-99-86(91)69-61-53-45-37-29-23-18-16-20-26-33-41-49-57-65-79(2)3)77-103-107(95,96)101-73-83(90)74-102-108(97,98)104-78-85(76-100-87(92)70-62-54-46-40-32-35-43-51-59-67-81(6)7)106-89(94)72-64-56-48-39-31-25-19-17-21-27-34-42-50-58-66-80(4)5/h79-85,90H,9-78H2,1-8H3,(H,95,96)(H,97,98)/t82?,83-,84-,85-/m1/s1. The Bertz CT molecular complexity index is 2100. The molecule has 642 valence electrons. The third-order valence-electron chi connectivity index (χ3n) is 21.2. The molecule has 108 heavy (non-hydrogen) atoms. The lowest BCUT2D eigenvalue weighted by atomic mass is 9.99. The van der Waals surface area contributed by atoms with Crippen LogP contribution in [0.15, 0.2) is 0 Å². The first-order valence-corrected chi connectivity index (χ1v) is 48.7. The molecule has 0 amide bonds. The minimum Gasteiger partial charge on any atom is -0.462 e. The second-order valence-electron chi connectivity index (χ2n) is 33.7. The summed E-state index contributed by atoms with van der Waals surface area (Å²) in [5.74, 6) is 1.11. The fourth-order valence-electron chi connectivity index (χ4n) is 13.8. The van der Waals surface area contributed by atoms with Crippen LogP contribution in [0.2, 0.25) is 0 Å². The van der Waals surface area contributed by atoms with Gasteiger partial charge in [-0.3, -0.25) is 37.3 Å². The van der Waals surface area contributed by atoms with Gasteiger partial charge in [0.25, 0.3) is 0 Å². The van der Waals surface area contributed by atoms with Gasteiger partial charge in [0.1, 0.15) is 19.3 Å². The summed E-state index contributed by atoms with van der Waals surface area (Å²) in [4.78, 5) is 73.4. The van der Waals surface area contributed by atoms with Crippen LogP contribution >= 0.6 is 15.6 Å². The molecule has 0 rings (SSSR count). The van der Waals surface area contributed by atoms with Crippen molar-refractivity contribution in [1.82, 2.24) is 0 Å². The van der Waals surface area contributed by atoms with Gasteiger partial charge in [-0.05, 0) is 49.4 Å². The van der Waals surface area contributed by atoms with Crippen LogP contribution in [0.4, 0.5) is 0 Å². The number of carbonyl (C=O) groups is 4. The van der Waals surface area contributed by atoms with Gasteiger partial charge in [-0.2, -0.15) is 0 Å². The second-order valence-corrected chi connectivity index (χ2v) is 36.6. The number of esters is 4. The molecule has 19 heteroatoms. The molecule has 3 unspecified atom stereocenters. The molecule has 0 saturated carbocycles. The molecule has 0 aliphatic rings. The molecule has 0 aliphatic carbocycles. The Hall–Kier alpha value is -1.94. The van der Waals surface area contributed by atoms with E-state index in [-0.39, 0.29) is 25.7 Å². The van der Waals surface area contributed by atoms with Crippen LogP contribution in [0.1, 0.15) is 466 Å². The fourth-order valence-corrected chi connectivity index (χ4v) is 15.4. The summed E-state index contributed by atoms with van der Waals surface area (Å²) >= 11 is 0. The Kier molecular flexibility index (Phi) is 76.2. The van der Waals surface area contributed by atoms with E-state index in [1.165, 1.54) is 270 Å². The molecule has 0 bridgehead atoms. The van der Waals surface area contributed by atoms with Crippen molar-refractivity contribution in [2.75, 3.05) is 39.6 Å². The van der Waals surface area contributed by atoms with E-state index in [2.05, 4.69) is 55.4 Å². The van der Waals surface area contributed by atoms with Crippen molar-refractivity contribution >= 4 is 39.5 Å². The SMILES string of the molecule is CCC(C)CCCCCCCCCCCCCCCCCCCCC(=O)O[C@H](COC(=O)CCCCCCCCCCCCCCCCC(C)C)COP(=O)(O)OC[C@@H](O)COP(=O)(O)OC[C@@H](COC(=O)CCCCCCCCCCCC(C)C)OC(=O)CCCCCCCCCCCCCCCCC(C)C. The van der Waals surface area contributed by atoms with E-state index >= 15 is 0 Å². The fraction of sp³-hybridized carbons (Fsp3) is 0.955. The Balaban J connectivity index is 5.25. The molecule has 0 fully saturated rings. The van der Waals surface area contributed by atoms with Crippen LogP contribution < -0.4 is 0 Å².